The normalized spacial score (nSPS) is 12.0. The molecule has 4 aromatic rings. The highest BCUT2D eigenvalue weighted by Gasteiger charge is 2.19. The van der Waals surface area contributed by atoms with Gasteiger partial charge in [-0.15, -0.1) is 0 Å². The van der Waals surface area contributed by atoms with Gasteiger partial charge in [0.05, 0.1) is 16.1 Å². The predicted molar refractivity (Wildman–Crippen MR) is 127 cm³/mol. The molecular formula is C26H21Cl2NO. The van der Waals surface area contributed by atoms with Crippen LogP contribution >= 0.6 is 23.2 Å². The zero-order valence-corrected chi connectivity index (χ0v) is 18.0. The molecule has 0 radical (unpaired) electrons. The van der Waals surface area contributed by atoms with Gasteiger partial charge in [-0.05, 0) is 59.2 Å². The Morgan fingerprint density at radius 3 is 2.40 bits per heavy atom. The Kier molecular flexibility index (Phi) is 6.08. The molecule has 1 N–H and O–H groups in total. The molecule has 4 rings (SSSR count). The van der Waals surface area contributed by atoms with Crippen LogP contribution in [0.5, 0.6) is 0 Å². The van der Waals surface area contributed by atoms with Crippen LogP contribution < -0.4 is 5.32 Å². The Hall–Kier alpha value is -2.81. The zero-order chi connectivity index (χ0) is 21.1. The van der Waals surface area contributed by atoms with Gasteiger partial charge >= 0.3 is 0 Å². The van der Waals surface area contributed by atoms with E-state index < -0.39 is 0 Å². The fourth-order valence-corrected chi connectivity index (χ4v) is 3.89. The average molecular weight is 434 g/mol. The number of fused-ring (bicyclic) bond motifs is 1. The summed E-state index contributed by atoms with van der Waals surface area (Å²) in [4.78, 5) is 13.2. The van der Waals surface area contributed by atoms with Crippen molar-refractivity contribution >= 4 is 45.4 Å². The number of hydrogen-bond donors (Lipinski definition) is 1. The van der Waals surface area contributed by atoms with E-state index in [4.69, 9.17) is 23.2 Å². The van der Waals surface area contributed by atoms with Crippen molar-refractivity contribution in [2.45, 2.75) is 19.4 Å². The summed E-state index contributed by atoms with van der Waals surface area (Å²) in [6, 6.07) is 27.2. The number of hydrogen-bond acceptors (Lipinski definition) is 2. The van der Waals surface area contributed by atoms with E-state index in [1.165, 1.54) is 0 Å². The van der Waals surface area contributed by atoms with Crippen LogP contribution in [0.4, 0.5) is 5.69 Å². The van der Waals surface area contributed by atoms with E-state index in [0.29, 0.717) is 22.0 Å². The number of nitrogens with one attached hydrogen (secondary N) is 1. The van der Waals surface area contributed by atoms with Crippen molar-refractivity contribution < 1.29 is 4.79 Å². The molecule has 0 saturated carbocycles. The predicted octanol–water partition coefficient (Wildman–Crippen LogP) is 7.88. The third-order valence-corrected chi connectivity index (χ3v) is 5.90. The van der Waals surface area contributed by atoms with E-state index in [2.05, 4.69) is 11.4 Å². The second-order valence-corrected chi connectivity index (χ2v) is 8.24. The summed E-state index contributed by atoms with van der Waals surface area (Å²) >= 11 is 12.4. The Bertz CT molecular complexity index is 1220. The van der Waals surface area contributed by atoms with Crippen LogP contribution in [0.2, 0.25) is 10.0 Å². The number of anilines is 1. The molecule has 0 amide bonds. The van der Waals surface area contributed by atoms with Gasteiger partial charge in [-0.2, -0.15) is 0 Å². The number of rotatable bonds is 6. The maximum atomic E-state index is 13.2. The van der Waals surface area contributed by atoms with Crippen molar-refractivity contribution in [2.24, 2.45) is 0 Å². The van der Waals surface area contributed by atoms with Gasteiger partial charge in [0.25, 0.3) is 0 Å². The molecule has 0 bridgehead atoms. The topological polar surface area (TPSA) is 29.1 Å². The number of carbonyl (C=O) groups excluding carboxylic acids is 1. The third-order valence-electron chi connectivity index (χ3n) is 5.17. The first-order chi connectivity index (χ1) is 14.5. The standard InChI is InChI=1S/C26H21Cl2NO/c1-17-5-4-8-22(13-17)29-25(20-11-12-23(27)24(28)15-20)16-26(30)21-10-9-18-6-2-3-7-19(18)14-21/h2-15,25,29H,16H2,1H3. The van der Waals surface area contributed by atoms with Gasteiger partial charge < -0.3 is 5.32 Å². The lowest BCUT2D eigenvalue weighted by Crippen LogP contribution is -2.16. The van der Waals surface area contributed by atoms with Gasteiger partial charge in [0.2, 0.25) is 0 Å². The number of aryl methyl sites for hydroxylation is 1. The first-order valence-electron chi connectivity index (χ1n) is 9.80. The molecular weight excluding hydrogens is 413 g/mol. The van der Waals surface area contributed by atoms with Gasteiger partial charge in [-0.25, -0.2) is 0 Å². The smallest absolute Gasteiger partial charge is 0.165 e. The number of ketones is 1. The summed E-state index contributed by atoms with van der Waals surface area (Å²) in [5.41, 5.74) is 3.72. The molecule has 0 aliphatic rings. The number of Topliss-reactive ketones (excluding diaryl/α,β-unsaturated/α-hetero) is 1. The van der Waals surface area contributed by atoms with Crippen molar-refractivity contribution in [3.8, 4) is 0 Å². The molecule has 0 fully saturated rings. The Morgan fingerprint density at radius 2 is 1.63 bits per heavy atom. The SMILES string of the molecule is Cc1cccc(NC(CC(=O)c2ccc3ccccc3c2)c2ccc(Cl)c(Cl)c2)c1. The van der Waals surface area contributed by atoms with Crippen molar-refractivity contribution in [1.29, 1.82) is 0 Å². The lowest BCUT2D eigenvalue weighted by molar-refractivity contribution is 0.0976. The summed E-state index contributed by atoms with van der Waals surface area (Å²) in [6.45, 7) is 2.04. The Labute approximate surface area is 186 Å². The Morgan fingerprint density at radius 1 is 0.833 bits per heavy atom. The van der Waals surface area contributed by atoms with E-state index >= 15 is 0 Å². The first-order valence-corrected chi connectivity index (χ1v) is 10.6. The lowest BCUT2D eigenvalue weighted by atomic mass is 9.96. The molecule has 0 saturated heterocycles. The summed E-state index contributed by atoms with van der Waals surface area (Å²) in [6.07, 6.45) is 0.296. The molecule has 0 aliphatic carbocycles. The van der Waals surface area contributed by atoms with E-state index in [1.54, 1.807) is 6.07 Å². The highest BCUT2D eigenvalue weighted by Crippen LogP contribution is 2.30. The first kappa shape index (κ1) is 20.5. The quantitative estimate of drug-likeness (QED) is 0.313. The molecule has 4 aromatic carbocycles. The van der Waals surface area contributed by atoms with Gasteiger partial charge in [-0.3, -0.25) is 4.79 Å². The highest BCUT2D eigenvalue weighted by atomic mass is 35.5. The molecule has 150 valence electrons. The Balaban J connectivity index is 1.65. The lowest BCUT2D eigenvalue weighted by Gasteiger charge is -2.21. The molecule has 1 unspecified atom stereocenters. The molecule has 30 heavy (non-hydrogen) atoms. The third kappa shape index (κ3) is 4.67. The van der Waals surface area contributed by atoms with Crippen LogP contribution in [0.1, 0.15) is 33.9 Å². The molecule has 0 heterocycles. The maximum absolute atomic E-state index is 13.2. The van der Waals surface area contributed by atoms with Gasteiger partial charge in [0.15, 0.2) is 5.78 Å². The van der Waals surface area contributed by atoms with Crippen molar-refractivity contribution in [3.05, 3.63) is 112 Å². The average Bonchev–Trinajstić information content (AvgIpc) is 2.75. The summed E-state index contributed by atoms with van der Waals surface area (Å²) in [7, 11) is 0. The molecule has 1 atom stereocenters. The molecule has 0 spiro atoms. The van der Waals surface area contributed by atoms with Gasteiger partial charge in [-0.1, -0.05) is 77.8 Å². The van der Waals surface area contributed by atoms with E-state index in [1.807, 2.05) is 79.7 Å². The van der Waals surface area contributed by atoms with Gasteiger partial charge in [0.1, 0.15) is 0 Å². The van der Waals surface area contributed by atoms with Crippen LogP contribution in [-0.2, 0) is 0 Å². The van der Waals surface area contributed by atoms with Crippen LogP contribution in [0, 0.1) is 6.92 Å². The number of carbonyl (C=O) groups is 1. The monoisotopic (exact) mass is 433 g/mol. The number of halogens is 2. The van der Waals surface area contributed by atoms with Crippen molar-refractivity contribution in [2.75, 3.05) is 5.32 Å². The highest BCUT2D eigenvalue weighted by molar-refractivity contribution is 6.42. The minimum Gasteiger partial charge on any atom is -0.378 e. The maximum Gasteiger partial charge on any atom is 0.165 e. The second kappa shape index (κ2) is 8.91. The minimum atomic E-state index is -0.236. The molecule has 2 nitrogen and oxygen atoms in total. The van der Waals surface area contributed by atoms with E-state index in [-0.39, 0.29) is 11.8 Å². The van der Waals surface area contributed by atoms with E-state index in [0.717, 1.165) is 27.6 Å². The minimum absolute atomic E-state index is 0.0666. The summed E-state index contributed by atoms with van der Waals surface area (Å²) in [5.74, 6) is 0.0666. The van der Waals surface area contributed by atoms with Crippen molar-refractivity contribution in [1.82, 2.24) is 0 Å². The summed E-state index contributed by atoms with van der Waals surface area (Å²) < 4.78 is 0. The van der Waals surface area contributed by atoms with Crippen LogP contribution in [0.25, 0.3) is 10.8 Å². The fourth-order valence-electron chi connectivity index (χ4n) is 3.58. The molecule has 4 heteroatoms. The molecule has 0 aromatic heterocycles. The van der Waals surface area contributed by atoms with Crippen LogP contribution in [-0.4, -0.2) is 5.78 Å². The fraction of sp³-hybridized carbons (Fsp3) is 0.115. The van der Waals surface area contributed by atoms with Crippen LogP contribution in [0.15, 0.2) is 84.9 Å². The second-order valence-electron chi connectivity index (χ2n) is 7.43. The molecule has 0 aliphatic heterocycles. The zero-order valence-electron chi connectivity index (χ0n) is 16.5. The van der Waals surface area contributed by atoms with Gasteiger partial charge in [0, 0.05) is 17.7 Å². The number of benzene rings is 4. The van der Waals surface area contributed by atoms with E-state index in [9.17, 15) is 4.79 Å². The van der Waals surface area contributed by atoms with Crippen LogP contribution in [0.3, 0.4) is 0 Å². The largest absolute Gasteiger partial charge is 0.378 e. The van der Waals surface area contributed by atoms with Crippen molar-refractivity contribution in [3.63, 3.8) is 0 Å². The summed E-state index contributed by atoms with van der Waals surface area (Å²) in [5, 5.41) is 6.64.